The predicted octanol–water partition coefficient (Wildman–Crippen LogP) is 2.90. The molecule has 2 rings (SSSR count). The van der Waals surface area contributed by atoms with Crippen LogP contribution in [0.4, 0.5) is 0 Å². The summed E-state index contributed by atoms with van der Waals surface area (Å²) in [5.74, 6) is 1.76. The maximum Gasteiger partial charge on any atom is 0.243 e. The van der Waals surface area contributed by atoms with Crippen LogP contribution in [0.3, 0.4) is 0 Å². The van der Waals surface area contributed by atoms with Gasteiger partial charge < -0.3 is 10.6 Å². The number of benzene rings is 1. The summed E-state index contributed by atoms with van der Waals surface area (Å²) < 4.78 is 27.2. The van der Waals surface area contributed by atoms with Crippen molar-refractivity contribution >= 4 is 51.7 Å². The second-order valence-corrected chi connectivity index (χ2v) is 9.15. The Morgan fingerprint density at radius 1 is 1.22 bits per heavy atom. The average Bonchev–Trinajstić information content (AvgIpc) is 2.67. The van der Waals surface area contributed by atoms with Gasteiger partial charge in [-0.15, -0.1) is 24.0 Å². The summed E-state index contributed by atoms with van der Waals surface area (Å²) in [5.41, 5.74) is 0.894. The quantitative estimate of drug-likeness (QED) is 0.236. The maximum absolute atomic E-state index is 12.8. The first kappa shape index (κ1) is 24.5. The normalized spacial score (nSPS) is 15.9. The van der Waals surface area contributed by atoms with Crippen LogP contribution >= 0.6 is 35.7 Å². The van der Waals surface area contributed by atoms with E-state index in [1.807, 2.05) is 13.0 Å². The summed E-state index contributed by atoms with van der Waals surface area (Å²) in [5, 5.41) is 6.49. The van der Waals surface area contributed by atoms with E-state index < -0.39 is 10.0 Å². The van der Waals surface area contributed by atoms with E-state index >= 15 is 0 Å². The van der Waals surface area contributed by atoms with E-state index in [0.717, 1.165) is 49.6 Å². The van der Waals surface area contributed by atoms with E-state index in [9.17, 15) is 8.42 Å². The van der Waals surface area contributed by atoms with Crippen molar-refractivity contribution in [1.82, 2.24) is 14.9 Å². The molecule has 0 aliphatic carbocycles. The molecular formula is C18H31IN4O2S2. The first-order valence-corrected chi connectivity index (χ1v) is 12.0. The lowest BCUT2D eigenvalue weighted by Gasteiger charge is -2.26. The molecule has 1 saturated heterocycles. The highest BCUT2D eigenvalue weighted by molar-refractivity contribution is 14.0. The minimum Gasteiger partial charge on any atom is -0.357 e. The molecule has 1 aliphatic rings. The number of guanidine groups is 1. The second kappa shape index (κ2) is 12.8. The Bertz CT molecular complexity index is 692. The molecule has 1 aliphatic heterocycles. The molecule has 0 unspecified atom stereocenters. The summed E-state index contributed by atoms with van der Waals surface area (Å²) in [4.78, 5) is 4.94. The molecule has 0 amide bonds. The van der Waals surface area contributed by atoms with Crippen LogP contribution in [0.2, 0.25) is 0 Å². The van der Waals surface area contributed by atoms with Crippen LogP contribution in [0.1, 0.15) is 31.7 Å². The Kier molecular flexibility index (Phi) is 11.7. The van der Waals surface area contributed by atoms with Gasteiger partial charge in [0.25, 0.3) is 0 Å². The Labute approximate surface area is 185 Å². The number of hydrogen-bond acceptors (Lipinski definition) is 4. The van der Waals surface area contributed by atoms with E-state index in [-0.39, 0.29) is 24.0 Å². The summed E-state index contributed by atoms with van der Waals surface area (Å²) in [6.07, 6.45) is 5.06. The predicted molar refractivity (Wildman–Crippen MR) is 126 cm³/mol. The fourth-order valence-corrected chi connectivity index (χ4v) is 4.74. The van der Waals surface area contributed by atoms with Gasteiger partial charge in [0, 0.05) is 31.9 Å². The van der Waals surface area contributed by atoms with Crippen LogP contribution < -0.4 is 10.6 Å². The molecule has 0 radical (unpaired) electrons. The van der Waals surface area contributed by atoms with Crippen molar-refractivity contribution in [3.63, 3.8) is 0 Å². The molecule has 27 heavy (non-hydrogen) atoms. The molecule has 0 saturated carbocycles. The SMILES string of the molecule is CCNC(=NCc1cccc(S(=O)(=O)N2CCCCC2)c1)NCCSC.I. The van der Waals surface area contributed by atoms with Gasteiger partial charge in [-0.25, -0.2) is 13.4 Å². The van der Waals surface area contributed by atoms with Crippen molar-refractivity contribution in [1.29, 1.82) is 0 Å². The molecular weight excluding hydrogens is 495 g/mol. The lowest BCUT2D eigenvalue weighted by Crippen LogP contribution is -2.38. The third-order valence-corrected chi connectivity index (χ3v) is 6.72. The molecule has 1 heterocycles. The topological polar surface area (TPSA) is 73.8 Å². The zero-order chi connectivity index (χ0) is 18.8. The highest BCUT2D eigenvalue weighted by Crippen LogP contribution is 2.21. The summed E-state index contributed by atoms with van der Waals surface area (Å²) in [6, 6.07) is 7.15. The monoisotopic (exact) mass is 526 g/mol. The lowest BCUT2D eigenvalue weighted by molar-refractivity contribution is 0.346. The van der Waals surface area contributed by atoms with Crippen molar-refractivity contribution in [2.24, 2.45) is 4.99 Å². The van der Waals surface area contributed by atoms with E-state index in [4.69, 9.17) is 0 Å². The summed E-state index contributed by atoms with van der Waals surface area (Å²) in [7, 11) is -3.40. The van der Waals surface area contributed by atoms with Crippen LogP contribution in [0, 0.1) is 0 Å². The first-order chi connectivity index (χ1) is 12.6. The Hall–Kier alpha value is -0.520. The van der Waals surface area contributed by atoms with Crippen molar-refractivity contribution in [3.05, 3.63) is 29.8 Å². The summed E-state index contributed by atoms with van der Waals surface area (Å²) in [6.45, 7) is 5.34. The first-order valence-electron chi connectivity index (χ1n) is 9.18. The Balaban J connectivity index is 0.00000364. The van der Waals surface area contributed by atoms with Crippen LogP contribution in [-0.2, 0) is 16.6 Å². The Morgan fingerprint density at radius 3 is 2.63 bits per heavy atom. The molecule has 0 aromatic heterocycles. The van der Waals surface area contributed by atoms with Crippen LogP contribution in [0.15, 0.2) is 34.2 Å². The molecule has 6 nitrogen and oxygen atoms in total. The van der Waals surface area contributed by atoms with Crippen LogP contribution in [0.25, 0.3) is 0 Å². The molecule has 1 fully saturated rings. The molecule has 0 atom stereocenters. The molecule has 2 N–H and O–H groups in total. The number of nitrogens with one attached hydrogen (secondary N) is 2. The van der Waals surface area contributed by atoms with Gasteiger partial charge >= 0.3 is 0 Å². The minimum absolute atomic E-state index is 0. The average molecular weight is 527 g/mol. The zero-order valence-corrected chi connectivity index (χ0v) is 20.1. The largest absolute Gasteiger partial charge is 0.357 e. The molecule has 9 heteroatoms. The van der Waals surface area contributed by atoms with Crippen LogP contribution in [0.5, 0.6) is 0 Å². The number of rotatable bonds is 8. The highest BCUT2D eigenvalue weighted by Gasteiger charge is 2.25. The fourth-order valence-electron chi connectivity index (χ4n) is 2.84. The lowest BCUT2D eigenvalue weighted by atomic mass is 10.2. The van der Waals surface area contributed by atoms with E-state index in [2.05, 4.69) is 21.9 Å². The number of aliphatic imine (C=N–C) groups is 1. The number of thioether (sulfide) groups is 1. The Morgan fingerprint density at radius 2 is 1.96 bits per heavy atom. The maximum atomic E-state index is 12.8. The highest BCUT2D eigenvalue weighted by atomic mass is 127. The standard InChI is InChI=1S/C18H30N4O2S2.HI/c1-3-19-18(20-10-13-25-2)21-15-16-8-7-9-17(14-16)26(23,24)22-11-5-4-6-12-22;/h7-9,14H,3-6,10-13,15H2,1-2H3,(H2,19,20,21);1H. The number of halogens is 1. The minimum atomic E-state index is -3.40. The zero-order valence-electron chi connectivity index (χ0n) is 16.1. The van der Waals surface area contributed by atoms with Crippen molar-refractivity contribution < 1.29 is 8.42 Å². The van der Waals surface area contributed by atoms with E-state index in [0.29, 0.717) is 24.5 Å². The smallest absolute Gasteiger partial charge is 0.243 e. The number of piperidine rings is 1. The van der Waals surface area contributed by atoms with Gasteiger partial charge in [0.15, 0.2) is 5.96 Å². The summed E-state index contributed by atoms with van der Waals surface area (Å²) >= 11 is 1.78. The van der Waals surface area contributed by atoms with E-state index in [1.165, 1.54) is 0 Å². The van der Waals surface area contributed by atoms with Crippen molar-refractivity contribution in [2.45, 2.75) is 37.6 Å². The second-order valence-electron chi connectivity index (χ2n) is 6.23. The van der Waals surface area contributed by atoms with Gasteiger partial charge in [-0.3, -0.25) is 0 Å². The molecule has 1 aromatic carbocycles. The fraction of sp³-hybridized carbons (Fsp3) is 0.611. The molecule has 154 valence electrons. The van der Waals surface area contributed by atoms with Gasteiger partial charge in [0.1, 0.15) is 0 Å². The molecule has 1 aromatic rings. The van der Waals surface area contributed by atoms with E-state index in [1.54, 1.807) is 34.3 Å². The van der Waals surface area contributed by atoms with Crippen LogP contribution in [-0.4, -0.2) is 56.9 Å². The number of hydrogen-bond donors (Lipinski definition) is 2. The van der Waals surface area contributed by atoms with Gasteiger partial charge in [-0.1, -0.05) is 18.6 Å². The number of sulfonamides is 1. The molecule has 0 spiro atoms. The van der Waals surface area contributed by atoms with Gasteiger partial charge in [0.05, 0.1) is 11.4 Å². The third kappa shape index (κ3) is 7.78. The van der Waals surface area contributed by atoms with Crippen molar-refractivity contribution in [2.75, 3.05) is 38.2 Å². The molecule has 0 bridgehead atoms. The van der Waals surface area contributed by atoms with Gasteiger partial charge in [0.2, 0.25) is 10.0 Å². The number of nitrogens with zero attached hydrogens (tertiary/aromatic N) is 2. The van der Waals surface area contributed by atoms with Gasteiger partial charge in [-0.2, -0.15) is 16.1 Å². The van der Waals surface area contributed by atoms with Crippen molar-refractivity contribution in [3.8, 4) is 0 Å². The van der Waals surface area contributed by atoms with Gasteiger partial charge in [-0.05, 0) is 43.7 Å². The third-order valence-electron chi connectivity index (χ3n) is 4.21.